The highest BCUT2D eigenvalue weighted by Crippen LogP contribution is 2.22. The van der Waals surface area contributed by atoms with Gasteiger partial charge in [0, 0.05) is 24.0 Å². The van der Waals surface area contributed by atoms with Crippen molar-refractivity contribution in [3.8, 4) is 0 Å². The summed E-state index contributed by atoms with van der Waals surface area (Å²) >= 11 is 7.24. The fourth-order valence-corrected chi connectivity index (χ4v) is 3.07. The van der Waals surface area contributed by atoms with Crippen LogP contribution in [0.5, 0.6) is 0 Å². The SMILES string of the molecule is O=C(O)COC1CCN(C(=O)C=Cc2ccc(Cl)s2)CC1. The predicted octanol–water partition coefficient (Wildman–Crippen LogP) is 2.51. The lowest BCUT2D eigenvalue weighted by Crippen LogP contribution is -2.40. The molecule has 1 aromatic heterocycles. The molecule has 114 valence electrons. The highest BCUT2D eigenvalue weighted by Gasteiger charge is 2.22. The molecule has 0 aliphatic carbocycles. The van der Waals surface area contributed by atoms with Crippen molar-refractivity contribution in [3.05, 3.63) is 27.4 Å². The number of hydrogen-bond donors (Lipinski definition) is 1. The Labute approximate surface area is 131 Å². The number of carbonyl (C=O) groups is 2. The van der Waals surface area contributed by atoms with E-state index in [4.69, 9.17) is 21.4 Å². The quantitative estimate of drug-likeness (QED) is 0.843. The summed E-state index contributed by atoms with van der Waals surface area (Å²) in [6, 6.07) is 3.66. The minimum Gasteiger partial charge on any atom is -0.480 e. The van der Waals surface area contributed by atoms with Crippen LogP contribution in [0.15, 0.2) is 18.2 Å². The van der Waals surface area contributed by atoms with E-state index >= 15 is 0 Å². The van der Waals surface area contributed by atoms with Gasteiger partial charge in [-0.3, -0.25) is 4.79 Å². The van der Waals surface area contributed by atoms with Crippen molar-refractivity contribution in [1.29, 1.82) is 0 Å². The lowest BCUT2D eigenvalue weighted by Gasteiger charge is -2.30. The zero-order valence-electron chi connectivity index (χ0n) is 11.3. The molecular formula is C14H16ClNO4S. The molecule has 0 unspecified atom stereocenters. The maximum Gasteiger partial charge on any atom is 0.329 e. The summed E-state index contributed by atoms with van der Waals surface area (Å²) in [5.74, 6) is -1.01. The van der Waals surface area contributed by atoms with E-state index in [1.807, 2.05) is 6.07 Å². The Hall–Kier alpha value is -1.37. The molecule has 21 heavy (non-hydrogen) atoms. The molecule has 1 N–H and O–H groups in total. The number of ether oxygens (including phenoxy) is 1. The van der Waals surface area contributed by atoms with Gasteiger partial charge in [-0.1, -0.05) is 11.6 Å². The van der Waals surface area contributed by atoms with Crippen molar-refractivity contribution in [2.75, 3.05) is 19.7 Å². The van der Waals surface area contributed by atoms with Crippen LogP contribution in [-0.2, 0) is 14.3 Å². The number of carboxylic acid groups (broad SMARTS) is 1. The third-order valence-electron chi connectivity index (χ3n) is 3.18. The fraction of sp³-hybridized carbons (Fsp3) is 0.429. The lowest BCUT2D eigenvalue weighted by molar-refractivity contribution is -0.146. The van der Waals surface area contributed by atoms with E-state index in [9.17, 15) is 9.59 Å². The number of hydrogen-bond acceptors (Lipinski definition) is 4. The first-order chi connectivity index (χ1) is 10.0. The van der Waals surface area contributed by atoms with Gasteiger partial charge >= 0.3 is 5.97 Å². The van der Waals surface area contributed by atoms with Gasteiger partial charge in [-0.15, -0.1) is 11.3 Å². The predicted molar refractivity (Wildman–Crippen MR) is 81.6 cm³/mol. The van der Waals surface area contributed by atoms with E-state index in [0.29, 0.717) is 30.3 Å². The van der Waals surface area contributed by atoms with Crippen LogP contribution in [0.1, 0.15) is 17.7 Å². The fourth-order valence-electron chi connectivity index (χ4n) is 2.11. The van der Waals surface area contributed by atoms with Crippen molar-refractivity contribution in [3.63, 3.8) is 0 Å². The Morgan fingerprint density at radius 3 is 2.71 bits per heavy atom. The lowest BCUT2D eigenvalue weighted by atomic mass is 10.1. The number of carbonyl (C=O) groups excluding carboxylic acids is 1. The highest BCUT2D eigenvalue weighted by molar-refractivity contribution is 7.17. The topological polar surface area (TPSA) is 66.8 Å². The van der Waals surface area contributed by atoms with Crippen LogP contribution in [0.3, 0.4) is 0 Å². The number of carboxylic acids is 1. The maximum atomic E-state index is 12.0. The number of likely N-dealkylation sites (tertiary alicyclic amines) is 1. The molecule has 0 atom stereocenters. The largest absolute Gasteiger partial charge is 0.480 e. The van der Waals surface area contributed by atoms with Crippen LogP contribution in [0.25, 0.3) is 6.08 Å². The number of amides is 1. The van der Waals surface area contributed by atoms with E-state index in [-0.39, 0.29) is 18.6 Å². The average molecular weight is 330 g/mol. The summed E-state index contributed by atoms with van der Waals surface area (Å²) in [6.07, 6.45) is 4.55. The van der Waals surface area contributed by atoms with E-state index in [2.05, 4.69) is 0 Å². The van der Waals surface area contributed by atoms with E-state index in [0.717, 1.165) is 4.88 Å². The van der Waals surface area contributed by atoms with E-state index < -0.39 is 5.97 Å². The molecular weight excluding hydrogens is 314 g/mol. The van der Waals surface area contributed by atoms with Gasteiger partial charge in [-0.05, 0) is 31.1 Å². The third kappa shape index (κ3) is 5.15. The van der Waals surface area contributed by atoms with Crippen LogP contribution in [0.4, 0.5) is 0 Å². The summed E-state index contributed by atoms with van der Waals surface area (Å²) < 4.78 is 5.93. The maximum absolute atomic E-state index is 12.0. The summed E-state index contributed by atoms with van der Waals surface area (Å²) in [6.45, 7) is 0.884. The molecule has 0 spiro atoms. The molecule has 0 aromatic carbocycles. The van der Waals surface area contributed by atoms with Crippen molar-refractivity contribution in [2.24, 2.45) is 0 Å². The van der Waals surface area contributed by atoms with Crippen molar-refractivity contribution in [2.45, 2.75) is 18.9 Å². The molecule has 1 saturated heterocycles. The molecule has 1 aromatic rings. The van der Waals surface area contributed by atoms with Crippen LogP contribution >= 0.6 is 22.9 Å². The number of thiophene rings is 1. The van der Waals surface area contributed by atoms with Crippen molar-refractivity contribution >= 4 is 40.9 Å². The van der Waals surface area contributed by atoms with Crippen LogP contribution in [0, 0.1) is 0 Å². The van der Waals surface area contributed by atoms with E-state index in [1.165, 1.54) is 11.3 Å². The van der Waals surface area contributed by atoms with Gasteiger partial charge in [0.2, 0.25) is 5.91 Å². The standard InChI is InChI=1S/C14H16ClNO4S/c15-12-3-1-11(21-12)2-4-13(17)16-7-5-10(6-8-16)20-9-14(18)19/h1-4,10H,5-9H2,(H,18,19). The minimum absolute atomic E-state index is 0.0452. The van der Waals surface area contributed by atoms with Gasteiger partial charge < -0.3 is 14.7 Å². The number of nitrogens with zero attached hydrogens (tertiary/aromatic N) is 1. The molecule has 2 heterocycles. The average Bonchev–Trinajstić information content (AvgIpc) is 2.89. The monoisotopic (exact) mass is 329 g/mol. The molecule has 5 nitrogen and oxygen atoms in total. The second-order valence-electron chi connectivity index (χ2n) is 4.70. The van der Waals surface area contributed by atoms with Gasteiger partial charge in [-0.25, -0.2) is 4.79 Å². The van der Waals surface area contributed by atoms with Gasteiger partial charge in [-0.2, -0.15) is 0 Å². The summed E-state index contributed by atoms with van der Waals surface area (Å²) in [4.78, 5) is 25.1. The number of piperidine rings is 1. The Morgan fingerprint density at radius 1 is 1.43 bits per heavy atom. The van der Waals surface area contributed by atoms with Gasteiger partial charge in [0.25, 0.3) is 0 Å². The molecule has 0 bridgehead atoms. The normalized spacial score (nSPS) is 16.5. The summed E-state index contributed by atoms with van der Waals surface area (Å²) in [7, 11) is 0. The first-order valence-corrected chi connectivity index (χ1v) is 7.80. The van der Waals surface area contributed by atoms with Gasteiger partial charge in [0.1, 0.15) is 6.61 Å². The molecule has 0 radical (unpaired) electrons. The van der Waals surface area contributed by atoms with E-state index in [1.54, 1.807) is 23.1 Å². The van der Waals surface area contributed by atoms with Crippen molar-refractivity contribution in [1.82, 2.24) is 4.90 Å². The minimum atomic E-state index is -0.967. The third-order valence-corrected chi connectivity index (χ3v) is 4.38. The summed E-state index contributed by atoms with van der Waals surface area (Å²) in [5.41, 5.74) is 0. The smallest absolute Gasteiger partial charge is 0.329 e. The zero-order valence-corrected chi connectivity index (χ0v) is 12.9. The second kappa shape index (κ2) is 7.59. The van der Waals surface area contributed by atoms with Gasteiger partial charge in [0.15, 0.2) is 0 Å². The molecule has 7 heteroatoms. The molecule has 1 amide bonds. The molecule has 1 aliphatic heterocycles. The Balaban J connectivity index is 1.77. The Morgan fingerprint density at radius 2 is 2.14 bits per heavy atom. The Bertz CT molecular complexity index is 535. The number of aliphatic carboxylic acids is 1. The van der Waals surface area contributed by atoms with Crippen LogP contribution in [0.2, 0.25) is 4.34 Å². The molecule has 2 rings (SSSR count). The molecule has 1 fully saturated rings. The van der Waals surface area contributed by atoms with Crippen LogP contribution in [-0.4, -0.2) is 47.7 Å². The van der Waals surface area contributed by atoms with Gasteiger partial charge in [0.05, 0.1) is 10.4 Å². The van der Waals surface area contributed by atoms with Crippen molar-refractivity contribution < 1.29 is 19.4 Å². The number of halogens is 1. The highest BCUT2D eigenvalue weighted by atomic mass is 35.5. The Kier molecular flexibility index (Phi) is 5.78. The number of rotatable bonds is 5. The first-order valence-electron chi connectivity index (χ1n) is 6.60. The van der Waals surface area contributed by atoms with Crippen LogP contribution < -0.4 is 0 Å². The summed E-state index contributed by atoms with van der Waals surface area (Å²) in [5, 5.41) is 8.56. The first kappa shape index (κ1) is 16.0. The molecule has 0 saturated carbocycles. The molecule has 1 aliphatic rings. The second-order valence-corrected chi connectivity index (χ2v) is 6.45. The zero-order chi connectivity index (χ0) is 15.2.